The Kier molecular flexibility index (Phi) is 4.83. The van der Waals surface area contributed by atoms with Gasteiger partial charge in [0.25, 0.3) is 0 Å². The van der Waals surface area contributed by atoms with Crippen molar-refractivity contribution in [3.05, 3.63) is 35.5 Å². The first kappa shape index (κ1) is 15.4. The molecule has 21 heavy (non-hydrogen) atoms. The van der Waals surface area contributed by atoms with Gasteiger partial charge < -0.3 is 14.6 Å². The van der Waals surface area contributed by atoms with Crippen LogP contribution >= 0.6 is 0 Å². The van der Waals surface area contributed by atoms with Gasteiger partial charge >= 0.3 is 0 Å². The Morgan fingerprint density at radius 1 is 1.33 bits per heavy atom. The maximum absolute atomic E-state index is 5.35. The van der Waals surface area contributed by atoms with E-state index in [4.69, 9.17) is 4.42 Å². The van der Waals surface area contributed by atoms with Gasteiger partial charge in [0.2, 0.25) is 0 Å². The molecule has 0 amide bonds. The van der Waals surface area contributed by atoms with Crippen LogP contribution in [0.4, 0.5) is 11.6 Å². The van der Waals surface area contributed by atoms with Gasteiger partial charge in [-0.1, -0.05) is 13.8 Å². The third-order valence-corrected chi connectivity index (χ3v) is 3.37. The number of nitrogens with zero attached hydrogens (tertiary/aromatic N) is 3. The Balaban J connectivity index is 2.26. The highest BCUT2D eigenvalue weighted by Crippen LogP contribution is 2.21. The second-order valence-electron chi connectivity index (χ2n) is 5.51. The SMILES string of the molecule is CCNc1cc(N(C)Cc2ccoc2C)nc(C(C)C)n1. The van der Waals surface area contributed by atoms with E-state index in [9.17, 15) is 0 Å². The Morgan fingerprint density at radius 2 is 2.10 bits per heavy atom. The summed E-state index contributed by atoms with van der Waals surface area (Å²) in [7, 11) is 2.04. The summed E-state index contributed by atoms with van der Waals surface area (Å²) in [5.41, 5.74) is 1.17. The van der Waals surface area contributed by atoms with Crippen LogP contribution in [0.1, 0.15) is 43.8 Å². The maximum Gasteiger partial charge on any atom is 0.135 e. The number of nitrogens with one attached hydrogen (secondary N) is 1. The van der Waals surface area contributed by atoms with Crippen molar-refractivity contribution in [3.63, 3.8) is 0 Å². The number of rotatable bonds is 6. The van der Waals surface area contributed by atoms with Gasteiger partial charge in [-0.15, -0.1) is 0 Å². The van der Waals surface area contributed by atoms with Crippen molar-refractivity contribution >= 4 is 11.6 Å². The molecule has 0 aromatic carbocycles. The van der Waals surface area contributed by atoms with E-state index in [1.54, 1.807) is 6.26 Å². The predicted octanol–water partition coefficient (Wildman–Crippen LogP) is 3.57. The molecule has 0 atom stereocenters. The molecule has 1 N–H and O–H groups in total. The van der Waals surface area contributed by atoms with Crippen molar-refractivity contribution in [2.24, 2.45) is 0 Å². The molecule has 2 heterocycles. The van der Waals surface area contributed by atoms with E-state index in [1.165, 1.54) is 5.56 Å². The van der Waals surface area contributed by atoms with Crippen molar-refractivity contribution in [3.8, 4) is 0 Å². The van der Waals surface area contributed by atoms with Crippen LogP contribution in [0, 0.1) is 6.92 Å². The van der Waals surface area contributed by atoms with Crippen molar-refractivity contribution in [2.45, 2.75) is 40.2 Å². The Labute approximate surface area is 126 Å². The van der Waals surface area contributed by atoms with Gasteiger partial charge in [0.05, 0.1) is 6.26 Å². The number of hydrogen-bond donors (Lipinski definition) is 1. The molecule has 0 bridgehead atoms. The molecule has 0 radical (unpaired) electrons. The number of furan rings is 1. The Bertz CT molecular complexity index is 592. The highest BCUT2D eigenvalue weighted by molar-refractivity contribution is 5.49. The summed E-state index contributed by atoms with van der Waals surface area (Å²) >= 11 is 0. The van der Waals surface area contributed by atoms with Crippen LogP contribution in [0.15, 0.2) is 22.8 Å². The van der Waals surface area contributed by atoms with E-state index in [0.717, 1.165) is 36.3 Å². The minimum atomic E-state index is 0.298. The molecular weight excluding hydrogens is 264 g/mol. The normalized spacial score (nSPS) is 11.0. The zero-order valence-electron chi connectivity index (χ0n) is 13.5. The number of aromatic nitrogens is 2. The molecule has 0 unspecified atom stereocenters. The third kappa shape index (κ3) is 3.74. The molecule has 0 fully saturated rings. The Morgan fingerprint density at radius 3 is 2.67 bits per heavy atom. The topological polar surface area (TPSA) is 54.2 Å². The van der Waals surface area contributed by atoms with Crippen molar-refractivity contribution in [1.82, 2.24) is 9.97 Å². The molecule has 0 aliphatic heterocycles. The van der Waals surface area contributed by atoms with Crippen LogP contribution in [-0.4, -0.2) is 23.6 Å². The molecule has 0 aliphatic carbocycles. The molecule has 5 nitrogen and oxygen atoms in total. The van der Waals surface area contributed by atoms with Crippen molar-refractivity contribution < 1.29 is 4.42 Å². The average Bonchev–Trinajstić information content (AvgIpc) is 2.84. The minimum Gasteiger partial charge on any atom is -0.469 e. The van der Waals surface area contributed by atoms with Gasteiger partial charge in [0.1, 0.15) is 23.2 Å². The van der Waals surface area contributed by atoms with Crippen LogP contribution in [0.2, 0.25) is 0 Å². The summed E-state index contributed by atoms with van der Waals surface area (Å²) in [5.74, 6) is 3.91. The van der Waals surface area contributed by atoms with E-state index in [1.807, 2.05) is 26.1 Å². The van der Waals surface area contributed by atoms with Crippen molar-refractivity contribution in [1.29, 1.82) is 0 Å². The Hall–Kier alpha value is -2.04. The lowest BCUT2D eigenvalue weighted by Gasteiger charge is -2.20. The summed E-state index contributed by atoms with van der Waals surface area (Å²) in [4.78, 5) is 11.3. The number of hydrogen-bond acceptors (Lipinski definition) is 5. The summed E-state index contributed by atoms with van der Waals surface area (Å²) in [6, 6.07) is 3.99. The summed E-state index contributed by atoms with van der Waals surface area (Å²) < 4.78 is 5.35. The quantitative estimate of drug-likeness (QED) is 0.880. The van der Waals surface area contributed by atoms with E-state index in [0.29, 0.717) is 5.92 Å². The molecule has 2 rings (SSSR count). The van der Waals surface area contributed by atoms with Gasteiger partial charge in [0.15, 0.2) is 0 Å². The first-order chi connectivity index (χ1) is 10.0. The first-order valence-corrected chi connectivity index (χ1v) is 7.38. The van der Waals surface area contributed by atoms with E-state index in [2.05, 4.69) is 41.0 Å². The molecule has 0 spiro atoms. The van der Waals surface area contributed by atoms with Gasteiger partial charge in [-0.3, -0.25) is 0 Å². The van der Waals surface area contributed by atoms with Crippen LogP contribution in [-0.2, 0) is 6.54 Å². The van der Waals surface area contributed by atoms with Crippen LogP contribution < -0.4 is 10.2 Å². The maximum atomic E-state index is 5.35. The van der Waals surface area contributed by atoms with Gasteiger partial charge in [-0.2, -0.15) is 0 Å². The predicted molar refractivity (Wildman–Crippen MR) is 85.8 cm³/mol. The molecule has 2 aromatic heterocycles. The van der Waals surface area contributed by atoms with Gasteiger partial charge in [-0.05, 0) is 19.9 Å². The highest BCUT2D eigenvalue weighted by atomic mass is 16.3. The second-order valence-corrected chi connectivity index (χ2v) is 5.51. The lowest BCUT2D eigenvalue weighted by Crippen LogP contribution is -2.19. The van der Waals surface area contributed by atoms with E-state index < -0.39 is 0 Å². The lowest BCUT2D eigenvalue weighted by atomic mass is 10.2. The molecule has 5 heteroatoms. The molecule has 0 saturated carbocycles. The van der Waals surface area contributed by atoms with Crippen LogP contribution in [0.25, 0.3) is 0 Å². The highest BCUT2D eigenvalue weighted by Gasteiger charge is 2.12. The first-order valence-electron chi connectivity index (χ1n) is 7.38. The summed E-state index contributed by atoms with van der Waals surface area (Å²) in [5, 5.41) is 3.27. The van der Waals surface area contributed by atoms with Crippen LogP contribution in [0.3, 0.4) is 0 Å². The van der Waals surface area contributed by atoms with Crippen molar-refractivity contribution in [2.75, 3.05) is 23.8 Å². The largest absolute Gasteiger partial charge is 0.469 e. The summed E-state index contributed by atoms with van der Waals surface area (Å²) in [6.07, 6.45) is 1.72. The van der Waals surface area contributed by atoms with Crippen LogP contribution in [0.5, 0.6) is 0 Å². The molecule has 2 aromatic rings. The second kappa shape index (κ2) is 6.61. The zero-order valence-corrected chi connectivity index (χ0v) is 13.5. The fraction of sp³-hybridized carbons (Fsp3) is 0.500. The zero-order chi connectivity index (χ0) is 15.4. The molecule has 0 saturated heterocycles. The van der Waals surface area contributed by atoms with E-state index in [-0.39, 0.29) is 0 Å². The van der Waals surface area contributed by atoms with E-state index >= 15 is 0 Å². The standard InChI is InChI=1S/C16H24N4O/c1-6-17-14-9-15(19-16(18-14)11(2)3)20(5)10-13-7-8-21-12(13)4/h7-9,11H,6,10H2,1-5H3,(H,17,18,19). The molecule has 114 valence electrons. The number of aryl methyl sites for hydroxylation is 1. The molecular formula is C16H24N4O. The number of anilines is 2. The fourth-order valence-electron chi connectivity index (χ4n) is 2.09. The third-order valence-electron chi connectivity index (χ3n) is 3.37. The monoisotopic (exact) mass is 288 g/mol. The average molecular weight is 288 g/mol. The lowest BCUT2D eigenvalue weighted by molar-refractivity contribution is 0.529. The van der Waals surface area contributed by atoms with Gasteiger partial charge in [0, 0.05) is 37.7 Å². The minimum absolute atomic E-state index is 0.298. The van der Waals surface area contributed by atoms with Gasteiger partial charge in [-0.25, -0.2) is 9.97 Å². The summed E-state index contributed by atoms with van der Waals surface area (Å²) in [6.45, 7) is 9.87. The fourth-order valence-corrected chi connectivity index (χ4v) is 2.09. The smallest absolute Gasteiger partial charge is 0.135 e. The molecule has 0 aliphatic rings.